The van der Waals surface area contributed by atoms with E-state index in [1.165, 1.54) is 11.2 Å². The van der Waals surface area contributed by atoms with Gasteiger partial charge in [0.05, 0.1) is 23.5 Å². The lowest BCUT2D eigenvalue weighted by Crippen LogP contribution is -2.40. The van der Waals surface area contributed by atoms with Crippen molar-refractivity contribution in [1.82, 2.24) is 19.4 Å². The molecule has 0 bridgehead atoms. The molecule has 1 aromatic carbocycles. The summed E-state index contributed by atoms with van der Waals surface area (Å²) in [5, 5.41) is 1.01. The fourth-order valence-electron chi connectivity index (χ4n) is 5.91. The van der Waals surface area contributed by atoms with Gasteiger partial charge in [-0.2, -0.15) is 0 Å². The highest BCUT2D eigenvalue weighted by atomic mass is 35.5. The van der Waals surface area contributed by atoms with Crippen LogP contribution in [0, 0.1) is 5.82 Å². The van der Waals surface area contributed by atoms with E-state index in [9.17, 15) is 13.6 Å². The fraction of sp³-hybridized carbons (Fsp3) is 0.500. The molecule has 1 fully saturated rings. The highest BCUT2D eigenvalue weighted by Gasteiger charge is 2.51. The molecule has 0 radical (unpaired) electrons. The molecule has 3 atom stereocenters. The Kier molecular flexibility index (Phi) is 7.37. The monoisotopic (exact) mass is 620 g/mol. The van der Waals surface area contributed by atoms with E-state index >= 15 is 4.39 Å². The maximum atomic E-state index is 15.2. The van der Waals surface area contributed by atoms with E-state index in [1.807, 2.05) is 36.8 Å². The van der Waals surface area contributed by atoms with Gasteiger partial charge < -0.3 is 28.4 Å². The van der Waals surface area contributed by atoms with E-state index in [-0.39, 0.29) is 43.5 Å². The van der Waals surface area contributed by atoms with Crippen molar-refractivity contribution in [2.45, 2.75) is 83.6 Å². The Balaban J connectivity index is 1.32. The number of hydrogen-bond donors (Lipinski definition) is 0. The molecule has 1 amide bonds. The molecule has 230 valence electrons. The zero-order chi connectivity index (χ0) is 30.8. The van der Waals surface area contributed by atoms with Crippen molar-refractivity contribution in [1.29, 1.82) is 0 Å². The number of ether oxygens (including phenoxy) is 4. The molecular weight excluding hydrogens is 589 g/mol. The van der Waals surface area contributed by atoms with Crippen LogP contribution in [0.15, 0.2) is 36.3 Å². The van der Waals surface area contributed by atoms with E-state index in [2.05, 4.69) is 9.97 Å². The largest absolute Gasteiger partial charge is 0.489 e. The molecule has 0 unspecified atom stereocenters. The number of benzene rings is 1. The number of carbonyl (C=O) groups excluding carboxylic acids is 1. The van der Waals surface area contributed by atoms with E-state index in [4.69, 9.17) is 30.5 Å². The molecule has 43 heavy (non-hydrogen) atoms. The molecule has 1 aliphatic carbocycles. The molecule has 0 saturated carbocycles. The van der Waals surface area contributed by atoms with Gasteiger partial charge in [-0.1, -0.05) is 17.7 Å². The van der Waals surface area contributed by atoms with Crippen LogP contribution in [0.4, 0.5) is 18.0 Å². The van der Waals surface area contributed by atoms with Crippen LogP contribution in [0.1, 0.15) is 63.8 Å². The predicted molar refractivity (Wildman–Crippen MR) is 151 cm³/mol. The number of nitrogens with zero attached hydrogens (tertiary/aromatic N) is 4. The first-order chi connectivity index (χ1) is 20.2. The van der Waals surface area contributed by atoms with E-state index in [0.29, 0.717) is 21.7 Å². The number of fused-ring (bicyclic) bond motifs is 3. The molecule has 3 aliphatic rings. The fourth-order valence-corrected chi connectivity index (χ4v) is 6.10. The average Bonchev–Trinajstić information content (AvgIpc) is 3.58. The van der Waals surface area contributed by atoms with Crippen LogP contribution in [0.25, 0.3) is 11.0 Å². The molecule has 0 spiro atoms. The zero-order valence-corrected chi connectivity index (χ0v) is 25.1. The van der Waals surface area contributed by atoms with Gasteiger partial charge in [0.25, 0.3) is 6.43 Å². The summed E-state index contributed by atoms with van der Waals surface area (Å²) in [5.74, 6) is -1.80. The predicted octanol–water partition coefficient (Wildman–Crippen LogP) is 6.53. The highest BCUT2D eigenvalue weighted by Crippen LogP contribution is 2.45. The Bertz CT molecular complexity index is 1620. The summed E-state index contributed by atoms with van der Waals surface area (Å²) < 4.78 is 69.1. The van der Waals surface area contributed by atoms with Crippen LogP contribution < -0.4 is 4.74 Å². The van der Waals surface area contributed by atoms with Crippen LogP contribution in [0.5, 0.6) is 5.75 Å². The number of halogens is 4. The van der Waals surface area contributed by atoms with Crippen molar-refractivity contribution in [2.75, 3.05) is 13.2 Å². The van der Waals surface area contributed by atoms with E-state index in [1.54, 1.807) is 20.8 Å². The minimum atomic E-state index is -3.04. The first-order valence-corrected chi connectivity index (χ1v) is 14.4. The van der Waals surface area contributed by atoms with E-state index < -0.39 is 47.5 Å². The van der Waals surface area contributed by atoms with Crippen LogP contribution >= 0.6 is 11.6 Å². The van der Waals surface area contributed by atoms with Gasteiger partial charge in [0.15, 0.2) is 5.79 Å². The molecular formula is C30H32ClF3N4O5. The molecule has 1 saturated heterocycles. The lowest BCUT2D eigenvalue weighted by Gasteiger charge is -2.32. The third-order valence-electron chi connectivity index (χ3n) is 7.73. The highest BCUT2D eigenvalue weighted by molar-refractivity contribution is 6.33. The van der Waals surface area contributed by atoms with Gasteiger partial charge in [0.1, 0.15) is 53.1 Å². The minimum absolute atomic E-state index is 0.0424. The van der Waals surface area contributed by atoms with Gasteiger partial charge in [-0.3, -0.25) is 0 Å². The third-order valence-corrected chi connectivity index (χ3v) is 8.03. The third kappa shape index (κ3) is 5.56. The smallest absolute Gasteiger partial charge is 0.410 e. The molecule has 4 heterocycles. The maximum Gasteiger partial charge on any atom is 0.410 e. The number of alkyl halides is 2. The van der Waals surface area contributed by atoms with Crippen molar-refractivity contribution >= 4 is 28.7 Å². The topological polar surface area (TPSA) is 87.9 Å². The Morgan fingerprint density at radius 2 is 2.00 bits per heavy atom. The second kappa shape index (κ2) is 10.7. The number of carbonyl (C=O) groups is 1. The van der Waals surface area contributed by atoms with Crippen LogP contribution in [-0.4, -0.2) is 62.3 Å². The molecule has 3 aromatic rings. The Morgan fingerprint density at radius 1 is 1.23 bits per heavy atom. The maximum absolute atomic E-state index is 15.2. The van der Waals surface area contributed by atoms with Crippen LogP contribution in [0.3, 0.4) is 0 Å². The molecule has 13 heteroatoms. The average molecular weight is 621 g/mol. The number of amides is 1. The standard InChI is InChI=1S/C30H32ClF3N4O5/c1-29(2,3)43-28(39)37-8-6-16-19(12-37)21(11-18(22(16)32)26(33)34)40-13-15-10-20(24-23(15)41-30(4,5)42-24)38-9-7-17-25(31)35-14-36-27(17)38/h7,9-11,14,20,23-24,26H,6,8,12-13H2,1-5H3/t20-,23-,24+/m1/s1. The van der Waals surface area contributed by atoms with Gasteiger partial charge >= 0.3 is 6.09 Å². The zero-order valence-electron chi connectivity index (χ0n) is 24.4. The minimum Gasteiger partial charge on any atom is -0.489 e. The van der Waals surface area contributed by atoms with Gasteiger partial charge in [-0.15, -0.1) is 0 Å². The quantitative estimate of drug-likeness (QED) is 0.237. The van der Waals surface area contributed by atoms with Crippen molar-refractivity contribution in [3.63, 3.8) is 0 Å². The summed E-state index contributed by atoms with van der Waals surface area (Å²) >= 11 is 6.28. The van der Waals surface area contributed by atoms with Crippen molar-refractivity contribution in [2.24, 2.45) is 0 Å². The van der Waals surface area contributed by atoms with Gasteiger partial charge in [-0.05, 0) is 64.3 Å². The van der Waals surface area contributed by atoms with Crippen LogP contribution in [-0.2, 0) is 27.2 Å². The van der Waals surface area contributed by atoms with Crippen molar-refractivity contribution < 1.29 is 36.9 Å². The first-order valence-electron chi connectivity index (χ1n) is 14.0. The Morgan fingerprint density at radius 3 is 2.72 bits per heavy atom. The lowest BCUT2D eigenvalue weighted by molar-refractivity contribution is -0.148. The summed E-state index contributed by atoms with van der Waals surface area (Å²) in [5.41, 5.74) is 0.305. The van der Waals surface area contributed by atoms with Crippen molar-refractivity contribution in [3.05, 3.63) is 64.0 Å². The van der Waals surface area contributed by atoms with Crippen molar-refractivity contribution in [3.8, 4) is 5.75 Å². The summed E-state index contributed by atoms with van der Waals surface area (Å²) in [6.07, 6.45) is 0.667. The summed E-state index contributed by atoms with van der Waals surface area (Å²) in [6.45, 7) is 8.89. The number of rotatable bonds is 5. The van der Waals surface area contributed by atoms with Gasteiger partial charge in [0, 0.05) is 18.3 Å². The number of hydrogen-bond acceptors (Lipinski definition) is 7. The first kappa shape index (κ1) is 29.7. The molecule has 2 aliphatic heterocycles. The van der Waals surface area contributed by atoms with Gasteiger partial charge in [0.2, 0.25) is 0 Å². The molecule has 6 rings (SSSR count). The van der Waals surface area contributed by atoms with E-state index in [0.717, 1.165) is 11.6 Å². The Labute approximate surface area is 251 Å². The van der Waals surface area contributed by atoms with Crippen LogP contribution in [0.2, 0.25) is 5.15 Å². The molecule has 0 N–H and O–H groups in total. The normalized spacial score (nSPS) is 23.0. The number of aromatic nitrogens is 3. The second-order valence-electron chi connectivity index (χ2n) is 12.4. The van der Waals surface area contributed by atoms with Gasteiger partial charge in [-0.25, -0.2) is 27.9 Å². The Hall–Kier alpha value is -3.35. The summed E-state index contributed by atoms with van der Waals surface area (Å²) in [6, 6.07) is 2.51. The molecule has 2 aromatic heterocycles. The lowest BCUT2D eigenvalue weighted by atomic mass is 9.95. The summed E-state index contributed by atoms with van der Waals surface area (Å²) in [4.78, 5) is 22.7. The SMILES string of the molecule is CC(C)(C)OC(=O)N1CCc2c(F)c(C(F)F)cc(OCC3=C[C@@H](n4ccc5c(Cl)ncnc54)[C@@H]4OC(C)(C)O[C@H]34)c2C1. The summed E-state index contributed by atoms with van der Waals surface area (Å²) in [7, 11) is 0. The molecule has 9 nitrogen and oxygen atoms in total. The second-order valence-corrected chi connectivity index (χ2v) is 12.7.